The highest BCUT2D eigenvalue weighted by Crippen LogP contribution is 2.36. The van der Waals surface area contributed by atoms with Crippen LogP contribution in [0.25, 0.3) is 0 Å². The second-order valence-corrected chi connectivity index (χ2v) is 7.10. The molecule has 2 amide bonds. The number of hydrogen-bond donors (Lipinski definition) is 1. The zero-order valence-corrected chi connectivity index (χ0v) is 15.7. The first-order chi connectivity index (χ1) is 12.6. The fourth-order valence-electron chi connectivity index (χ4n) is 3.03. The van der Waals surface area contributed by atoms with E-state index in [-0.39, 0.29) is 24.2 Å². The van der Waals surface area contributed by atoms with E-state index >= 15 is 0 Å². The molecule has 2 aromatic rings. The summed E-state index contributed by atoms with van der Waals surface area (Å²) in [6.45, 7) is 0.916. The quantitative estimate of drug-likeness (QED) is 0.808. The number of anilines is 1. The van der Waals surface area contributed by atoms with E-state index in [0.717, 1.165) is 6.42 Å². The van der Waals surface area contributed by atoms with Crippen LogP contribution in [-0.2, 0) is 16.0 Å². The number of benzene rings is 1. The van der Waals surface area contributed by atoms with Gasteiger partial charge in [-0.3, -0.25) is 9.59 Å². The van der Waals surface area contributed by atoms with E-state index in [1.54, 1.807) is 48.7 Å². The van der Waals surface area contributed by atoms with Crippen molar-refractivity contribution in [1.82, 2.24) is 5.32 Å². The first-order valence-electron chi connectivity index (χ1n) is 8.45. The summed E-state index contributed by atoms with van der Waals surface area (Å²) in [5, 5.41) is 4.96. The molecule has 1 saturated heterocycles. The van der Waals surface area contributed by atoms with Crippen LogP contribution in [0.15, 0.2) is 35.7 Å². The Kier molecular flexibility index (Phi) is 5.78. The second-order valence-electron chi connectivity index (χ2n) is 6.06. The fraction of sp³-hybridized carbons (Fsp3) is 0.368. The molecule has 1 aliphatic heterocycles. The molecule has 0 spiro atoms. The van der Waals surface area contributed by atoms with Gasteiger partial charge in [-0.2, -0.15) is 0 Å². The van der Waals surface area contributed by atoms with Crippen LogP contribution < -0.4 is 19.7 Å². The van der Waals surface area contributed by atoms with Crippen LogP contribution in [0.4, 0.5) is 5.69 Å². The number of ether oxygens (including phenoxy) is 2. The van der Waals surface area contributed by atoms with Gasteiger partial charge in [0.25, 0.3) is 0 Å². The van der Waals surface area contributed by atoms with Gasteiger partial charge in [0.2, 0.25) is 11.8 Å². The first-order valence-corrected chi connectivity index (χ1v) is 9.33. The molecule has 1 atom stereocenters. The maximum Gasteiger partial charge on any atom is 0.227 e. The van der Waals surface area contributed by atoms with E-state index < -0.39 is 0 Å². The number of rotatable bonds is 7. The first kappa shape index (κ1) is 18.3. The minimum atomic E-state index is -0.359. The van der Waals surface area contributed by atoms with Crippen LogP contribution in [0.2, 0.25) is 0 Å². The number of hydrogen-bond acceptors (Lipinski definition) is 5. The van der Waals surface area contributed by atoms with Crippen molar-refractivity contribution in [2.45, 2.75) is 12.8 Å². The molecule has 1 fully saturated rings. The van der Waals surface area contributed by atoms with Crippen LogP contribution in [0.5, 0.6) is 11.5 Å². The van der Waals surface area contributed by atoms with E-state index in [4.69, 9.17) is 9.47 Å². The molecule has 1 aromatic carbocycles. The lowest BCUT2D eigenvalue weighted by molar-refractivity contribution is -0.126. The van der Waals surface area contributed by atoms with E-state index in [0.29, 0.717) is 30.3 Å². The predicted octanol–water partition coefficient (Wildman–Crippen LogP) is 2.48. The van der Waals surface area contributed by atoms with Gasteiger partial charge in [-0.15, -0.1) is 11.3 Å². The lowest BCUT2D eigenvalue weighted by atomic mass is 10.1. The van der Waals surface area contributed by atoms with Crippen LogP contribution >= 0.6 is 11.3 Å². The summed E-state index contributed by atoms with van der Waals surface area (Å²) in [6.07, 6.45) is 1.00. The topological polar surface area (TPSA) is 67.9 Å². The smallest absolute Gasteiger partial charge is 0.227 e. The molecule has 3 rings (SSSR count). The Bertz CT molecular complexity index is 776. The highest BCUT2D eigenvalue weighted by Gasteiger charge is 2.36. The molecule has 1 unspecified atom stereocenters. The zero-order valence-electron chi connectivity index (χ0n) is 14.9. The van der Waals surface area contributed by atoms with Crippen LogP contribution in [-0.4, -0.2) is 39.1 Å². The van der Waals surface area contributed by atoms with E-state index in [1.165, 1.54) is 4.88 Å². The van der Waals surface area contributed by atoms with Crippen molar-refractivity contribution in [1.29, 1.82) is 0 Å². The Morgan fingerprint density at radius 3 is 2.85 bits per heavy atom. The van der Waals surface area contributed by atoms with Crippen molar-refractivity contribution in [3.05, 3.63) is 40.6 Å². The number of amides is 2. The highest BCUT2D eigenvalue weighted by molar-refractivity contribution is 7.09. The number of nitrogens with one attached hydrogen (secondary N) is 1. The Hall–Kier alpha value is -2.54. The van der Waals surface area contributed by atoms with Gasteiger partial charge < -0.3 is 19.7 Å². The zero-order chi connectivity index (χ0) is 18.5. The Balaban J connectivity index is 1.63. The molecule has 1 N–H and O–H groups in total. The maximum absolute atomic E-state index is 12.5. The summed E-state index contributed by atoms with van der Waals surface area (Å²) < 4.78 is 10.6. The van der Waals surface area contributed by atoms with E-state index in [9.17, 15) is 9.59 Å². The monoisotopic (exact) mass is 374 g/mol. The largest absolute Gasteiger partial charge is 0.497 e. The van der Waals surface area contributed by atoms with Crippen molar-refractivity contribution >= 4 is 28.8 Å². The van der Waals surface area contributed by atoms with Gasteiger partial charge >= 0.3 is 0 Å². The lowest BCUT2D eigenvalue weighted by Gasteiger charge is -2.20. The fourth-order valence-corrected chi connectivity index (χ4v) is 3.74. The Morgan fingerprint density at radius 1 is 1.31 bits per heavy atom. The summed E-state index contributed by atoms with van der Waals surface area (Å²) in [7, 11) is 3.13. The molecule has 0 aliphatic carbocycles. The summed E-state index contributed by atoms with van der Waals surface area (Å²) in [5.74, 6) is 0.686. The van der Waals surface area contributed by atoms with Gasteiger partial charge in [-0.05, 0) is 30.0 Å². The van der Waals surface area contributed by atoms with Crippen molar-refractivity contribution in [2.75, 3.05) is 32.2 Å². The maximum atomic E-state index is 12.5. The SMILES string of the molecule is COc1ccc(OC)c(N2CC(C(=O)NCCc3cccs3)CC2=O)c1. The minimum absolute atomic E-state index is 0.0840. The number of methoxy groups -OCH3 is 2. The third-order valence-corrected chi connectivity index (χ3v) is 5.36. The van der Waals surface area contributed by atoms with Crippen molar-refractivity contribution in [3.63, 3.8) is 0 Å². The van der Waals surface area contributed by atoms with E-state index in [1.807, 2.05) is 17.5 Å². The average molecular weight is 374 g/mol. The number of nitrogens with zero attached hydrogens (tertiary/aromatic N) is 1. The molecule has 0 bridgehead atoms. The Labute approximate surface area is 156 Å². The van der Waals surface area contributed by atoms with Gasteiger partial charge in [0.15, 0.2) is 0 Å². The van der Waals surface area contributed by atoms with Crippen molar-refractivity contribution < 1.29 is 19.1 Å². The van der Waals surface area contributed by atoms with Crippen molar-refractivity contribution in [2.24, 2.45) is 5.92 Å². The lowest BCUT2D eigenvalue weighted by Crippen LogP contribution is -2.34. The number of carbonyl (C=O) groups is 2. The predicted molar refractivity (Wildman–Crippen MR) is 101 cm³/mol. The van der Waals surface area contributed by atoms with Crippen LogP contribution in [0, 0.1) is 5.92 Å². The standard InChI is InChI=1S/C19H22N2O4S/c1-24-14-5-6-17(25-2)16(11-14)21-12-13(10-18(21)22)19(23)20-8-7-15-4-3-9-26-15/h3-6,9,11,13H,7-8,10,12H2,1-2H3,(H,20,23). The molecule has 0 saturated carbocycles. The van der Waals surface area contributed by atoms with E-state index in [2.05, 4.69) is 5.32 Å². The number of carbonyl (C=O) groups excluding carboxylic acids is 2. The van der Waals surface area contributed by atoms with Gasteiger partial charge in [0, 0.05) is 30.5 Å². The summed E-state index contributed by atoms with van der Waals surface area (Å²) >= 11 is 1.67. The molecule has 0 radical (unpaired) electrons. The third kappa shape index (κ3) is 3.99. The second kappa shape index (κ2) is 8.23. The minimum Gasteiger partial charge on any atom is -0.497 e. The summed E-state index contributed by atoms with van der Waals surface area (Å²) in [4.78, 5) is 27.7. The molecule has 6 nitrogen and oxygen atoms in total. The molecule has 26 heavy (non-hydrogen) atoms. The van der Waals surface area contributed by atoms with Crippen molar-refractivity contribution in [3.8, 4) is 11.5 Å². The third-order valence-electron chi connectivity index (χ3n) is 4.42. The molecular weight excluding hydrogens is 352 g/mol. The molecular formula is C19H22N2O4S. The highest BCUT2D eigenvalue weighted by atomic mass is 32.1. The molecule has 138 valence electrons. The van der Waals surface area contributed by atoms with Crippen LogP contribution in [0.3, 0.4) is 0 Å². The Morgan fingerprint density at radius 2 is 2.15 bits per heavy atom. The normalized spacial score (nSPS) is 16.6. The van der Waals surface area contributed by atoms with Gasteiger partial charge in [-0.1, -0.05) is 6.07 Å². The average Bonchev–Trinajstić information content (AvgIpc) is 3.30. The van der Waals surface area contributed by atoms with Crippen LogP contribution in [0.1, 0.15) is 11.3 Å². The molecule has 7 heteroatoms. The number of thiophene rings is 1. The summed E-state index contributed by atoms with van der Waals surface area (Å²) in [5.41, 5.74) is 0.630. The molecule has 2 heterocycles. The molecule has 1 aromatic heterocycles. The summed E-state index contributed by atoms with van der Waals surface area (Å²) in [6, 6.07) is 9.34. The van der Waals surface area contributed by atoms with Gasteiger partial charge in [0.1, 0.15) is 11.5 Å². The van der Waals surface area contributed by atoms with Gasteiger partial charge in [-0.25, -0.2) is 0 Å². The van der Waals surface area contributed by atoms with Gasteiger partial charge in [0.05, 0.1) is 25.8 Å². The molecule has 1 aliphatic rings.